The van der Waals surface area contributed by atoms with Crippen LogP contribution in [0.1, 0.15) is 117 Å². The highest BCUT2D eigenvalue weighted by Gasteiger charge is 2.17. The van der Waals surface area contributed by atoms with E-state index in [4.69, 9.17) is 56.8 Å². The second kappa shape index (κ2) is 40.7. The van der Waals surface area contributed by atoms with E-state index in [0.717, 1.165) is 75.7 Å². The first-order valence-electron chi connectivity index (χ1n) is 29.8. The van der Waals surface area contributed by atoms with Crippen LogP contribution >= 0.6 is 0 Å². The third-order valence-corrected chi connectivity index (χ3v) is 12.9. The van der Waals surface area contributed by atoms with Gasteiger partial charge in [-0.2, -0.15) is 0 Å². The van der Waals surface area contributed by atoms with Crippen LogP contribution in [0, 0.1) is 13.8 Å². The lowest BCUT2D eigenvalue weighted by Crippen LogP contribution is -2.11. The predicted octanol–water partition coefficient (Wildman–Crippen LogP) is 13.2. The molecule has 0 fully saturated rings. The highest BCUT2D eigenvalue weighted by Crippen LogP contribution is 2.28. The van der Waals surface area contributed by atoms with E-state index in [1.54, 1.807) is 141 Å². The molecule has 0 atom stereocenters. The zero-order valence-corrected chi connectivity index (χ0v) is 51.7. The number of carbonyl (C=O) groups is 8. The van der Waals surface area contributed by atoms with E-state index in [2.05, 4.69) is 26.3 Å². The Morgan fingerprint density at radius 2 is 0.511 bits per heavy atom. The van der Waals surface area contributed by atoms with Crippen molar-refractivity contribution in [2.75, 3.05) is 52.9 Å². The molecule has 6 aromatic rings. The van der Waals surface area contributed by atoms with Gasteiger partial charge in [0.05, 0.1) is 75.1 Å². The number of rotatable bonds is 38. The first-order chi connectivity index (χ1) is 44.6. The van der Waals surface area contributed by atoms with E-state index in [0.29, 0.717) is 126 Å². The van der Waals surface area contributed by atoms with Crippen LogP contribution in [0.25, 0.3) is 0 Å². The minimum atomic E-state index is -0.563. The van der Waals surface area contributed by atoms with E-state index in [1.807, 2.05) is 0 Å². The molecule has 20 heteroatoms. The quantitative estimate of drug-likeness (QED) is 0.0115. The molecule has 0 spiro atoms. The number of esters is 8. The van der Waals surface area contributed by atoms with Gasteiger partial charge in [-0.05, 0) is 210 Å². The summed E-state index contributed by atoms with van der Waals surface area (Å²) in [6, 6.07) is 35.8. The summed E-state index contributed by atoms with van der Waals surface area (Å²) in [6.45, 7) is 19.8. The van der Waals surface area contributed by atoms with Crippen LogP contribution in [0.4, 0.5) is 0 Å². The van der Waals surface area contributed by atoms with Gasteiger partial charge >= 0.3 is 47.8 Å². The summed E-state index contributed by atoms with van der Waals surface area (Å²) < 4.78 is 64.4. The summed E-state index contributed by atoms with van der Waals surface area (Å²) in [5.74, 6) is -0.268. The van der Waals surface area contributed by atoms with Gasteiger partial charge in [-0.1, -0.05) is 26.3 Å². The average Bonchev–Trinajstić information content (AvgIpc) is 0.947. The third kappa shape index (κ3) is 27.3. The van der Waals surface area contributed by atoms with Crippen molar-refractivity contribution in [3.63, 3.8) is 0 Å². The Balaban J connectivity index is 0.000000337. The fourth-order valence-electron chi connectivity index (χ4n) is 7.92. The maximum absolute atomic E-state index is 12.8. The molecular weight excluding hydrogens is 1180 g/mol. The standard InChI is InChI=1S/C39H44O10.C33H32O10/c1-4-36(40)46-26-12-8-6-10-24-44-32-18-14-30(15-19-32)38(42)48-34-22-23-35(29(3)28-34)49-39(43)31-16-20-33(21-17-31)45-25-11-7-9-13-27-47-37(41)5-2;1-4-30(34)40-20-6-18-38-26-12-8-24(9-13-26)32(36)42-28-16-17-29(23(3)22-28)43-33(37)25-10-14-27(15-11-25)39-19-7-21-41-31(35)5-2/h4-5,14-23,28H,1-2,6-13,24-27H2,3H3;4-5,8-17,22H,1-2,6-7,18-21H2,3H3. The second-order valence-electron chi connectivity index (χ2n) is 19.9. The van der Waals surface area contributed by atoms with Crippen molar-refractivity contribution in [2.45, 2.75) is 78.1 Å². The number of carbonyl (C=O) groups excluding carboxylic acids is 8. The summed E-state index contributed by atoms with van der Waals surface area (Å²) in [5, 5.41) is 0. The third-order valence-electron chi connectivity index (χ3n) is 12.9. The fourth-order valence-corrected chi connectivity index (χ4v) is 7.92. The molecule has 0 heterocycles. The lowest BCUT2D eigenvalue weighted by atomic mass is 10.2. The molecule has 0 saturated heterocycles. The van der Waals surface area contributed by atoms with Crippen LogP contribution in [0.3, 0.4) is 0 Å². The molecule has 0 bridgehead atoms. The summed E-state index contributed by atoms with van der Waals surface area (Å²) in [5.41, 5.74) is 2.60. The van der Waals surface area contributed by atoms with Crippen molar-refractivity contribution >= 4 is 47.8 Å². The normalized spacial score (nSPS) is 10.3. The van der Waals surface area contributed by atoms with Crippen molar-refractivity contribution in [3.8, 4) is 46.0 Å². The van der Waals surface area contributed by atoms with Gasteiger partial charge < -0.3 is 56.8 Å². The molecular formula is C72H76O20. The Kier molecular flexibility index (Phi) is 31.9. The number of hydrogen-bond donors (Lipinski definition) is 0. The number of unbranched alkanes of at least 4 members (excludes halogenated alkanes) is 6. The summed E-state index contributed by atoms with van der Waals surface area (Å²) in [7, 11) is 0. The number of benzene rings is 6. The van der Waals surface area contributed by atoms with Crippen LogP contribution < -0.4 is 37.9 Å². The topological polar surface area (TPSA) is 247 Å². The van der Waals surface area contributed by atoms with Crippen molar-refractivity contribution < 1.29 is 95.2 Å². The van der Waals surface area contributed by atoms with Crippen LogP contribution in [0.15, 0.2) is 184 Å². The Hall–Kier alpha value is -10.8. The molecule has 0 N–H and O–H groups in total. The largest absolute Gasteiger partial charge is 0.494 e. The van der Waals surface area contributed by atoms with Crippen molar-refractivity contribution in [2.24, 2.45) is 0 Å². The molecule has 0 aromatic heterocycles. The van der Waals surface area contributed by atoms with Crippen LogP contribution in [-0.2, 0) is 38.1 Å². The van der Waals surface area contributed by atoms with E-state index in [1.165, 1.54) is 6.07 Å². The predicted molar refractivity (Wildman–Crippen MR) is 341 cm³/mol. The molecule has 0 aliphatic heterocycles. The summed E-state index contributed by atoms with van der Waals surface area (Å²) in [4.78, 5) is 94.8. The van der Waals surface area contributed by atoms with Gasteiger partial charge in [0.1, 0.15) is 46.0 Å². The Morgan fingerprint density at radius 3 is 0.772 bits per heavy atom. The SMILES string of the molecule is C=CC(=O)OCCCCCCOc1ccc(C(=O)Oc2ccc(OC(=O)c3ccc(OCCCCCCOC(=O)C=C)cc3)c(C)c2)cc1.C=CC(=O)OCCCOc1ccc(C(=O)Oc2ccc(OC(=O)c3ccc(OCCCOC(=O)C=C)cc3)c(C)c2)cc1. The Morgan fingerprint density at radius 1 is 0.283 bits per heavy atom. The monoisotopic (exact) mass is 1260 g/mol. The molecule has 92 heavy (non-hydrogen) atoms. The summed E-state index contributed by atoms with van der Waals surface area (Å²) >= 11 is 0. The van der Waals surface area contributed by atoms with Gasteiger partial charge in [0.25, 0.3) is 0 Å². The first-order valence-corrected chi connectivity index (χ1v) is 29.8. The molecule has 0 amide bonds. The molecule has 6 aromatic carbocycles. The van der Waals surface area contributed by atoms with Crippen molar-refractivity contribution in [3.05, 3.63) is 217 Å². The highest BCUT2D eigenvalue weighted by atomic mass is 16.6. The first kappa shape index (κ1) is 72.0. The van der Waals surface area contributed by atoms with Gasteiger partial charge in [-0.25, -0.2) is 38.4 Å². The lowest BCUT2D eigenvalue weighted by Gasteiger charge is -2.11. The molecule has 0 saturated carbocycles. The van der Waals surface area contributed by atoms with Gasteiger partial charge in [0, 0.05) is 37.1 Å². The minimum Gasteiger partial charge on any atom is -0.494 e. The second-order valence-corrected chi connectivity index (χ2v) is 19.9. The van der Waals surface area contributed by atoms with Crippen LogP contribution in [0.5, 0.6) is 46.0 Å². The van der Waals surface area contributed by atoms with E-state index in [-0.39, 0.29) is 19.0 Å². The molecule has 0 unspecified atom stereocenters. The summed E-state index contributed by atoms with van der Waals surface area (Å²) in [6.07, 6.45) is 12.5. The van der Waals surface area contributed by atoms with Crippen molar-refractivity contribution in [1.29, 1.82) is 0 Å². The fraction of sp³-hybridized carbons (Fsp3) is 0.278. The molecule has 20 nitrogen and oxygen atoms in total. The van der Waals surface area contributed by atoms with E-state index >= 15 is 0 Å². The maximum atomic E-state index is 12.8. The Bertz CT molecular complexity index is 3400. The van der Waals surface area contributed by atoms with Gasteiger partial charge in [-0.15, -0.1) is 0 Å². The number of hydrogen-bond acceptors (Lipinski definition) is 20. The molecule has 484 valence electrons. The maximum Gasteiger partial charge on any atom is 0.343 e. The molecule has 0 aliphatic carbocycles. The molecule has 0 radical (unpaired) electrons. The van der Waals surface area contributed by atoms with Gasteiger partial charge in [0.2, 0.25) is 0 Å². The average molecular weight is 1260 g/mol. The smallest absolute Gasteiger partial charge is 0.343 e. The van der Waals surface area contributed by atoms with Crippen LogP contribution in [-0.4, -0.2) is 101 Å². The minimum absolute atomic E-state index is 0.218. The van der Waals surface area contributed by atoms with Gasteiger partial charge in [-0.3, -0.25) is 0 Å². The highest BCUT2D eigenvalue weighted by molar-refractivity contribution is 5.93. The lowest BCUT2D eigenvalue weighted by molar-refractivity contribution is -0.138. The number of aryl methyl sites for hydroxylation is 2. The van der Waals surface area contributed by atoms with E-state index < -0.39 is 47.8 Å². The zero-order chi connectivity index (χ0) is 66.3. The van der Waals surface area contributed by atoms with Crippen LogP contribution in [0.2, 0.25) is 0 Å². The number of ether oxygens (including phenoxy) is 12. The van der Waals surface area contributed by atoms with E-state index in [9.17, 15) is 38.4 Å². The molecule has 0 aliphatic rings. The Labute approximate surface area is 535 Å². The van der Waals surface area contributed by atoms with Crippen molar-refractivity contribution in [1.82, 2.24) is 0 Å². The van der Waals surface area contributed by atoms with Gasteiger partial charge in [0.15, 0.2) is 0 Å². The molecule has 6 rings (SSSR count). The zero-order valence-electron chi connectivity index (χ0n) is 51.7.